The topological polar surface area (TPSA) is 90.9 Å². The molecule has 2 aromatic carbocycles. The number of carbonyl (C=O) groups is 2. The molecule has 32 heavy (non-hydrogen) atoms. The van der Waals surface area contributed by atoms with Crippen molar-refractivity contribution in [3.63, 3.8) is 0 Å². The lowest BCUT2D eigenvalue weighted by Gasteiger charge is -2.07. The summed E-state index contributed by atoms with van der Waals surface area (Å²) in [5.41, 5.74) is 3.88. The standard InChI is InChI=1S/C25H20N2O5/c1-16(28)22-15-24(25(29)19-5-9-21(32-2)10-6-19)26-12-11-18(14-23(22)26)13-17-3-7-20(8-4-17)27(30)31/h3-12,14-15H,13H2,1-2H3. The minimum atomic E-state index is -0.434. The van der Waals surface area contributed by atoms with Crippen molar-refractivity contribution >= 4 is 22.8 Å². The van der Waals surface area contributed by atoms with Crippen LogP contribution in [0.25, 0.3) is 5.52 Å². The Labute approximate surface area is 184 Å². The molecule has 0 fully saturated rings. The normalized spacial score (nSPS) is 10.8. The summed E-state index contributed by atoms with van der Waals surface area (Å²) in [5.74, 6) is 0.323. The number of hydrogen-bond donors (Lipinski definition) is 0. The number of aromatic nitrogens is 1. The van der Waals surface area contributed by atoms with Crippen LogP contribution in [0, 0.1) is 10.1 Å². The van der Waals surface area contributed by atoms with Crippen molar-refractivity contribution in [2.75, 3.05) is 7.11 Å². The van der Waals surface area contributed by atoms with Crippen LogP contribution in [0.4, 0.5) is 5.69 Å². The van der Waals surface area contributed by atoms with Gasteiger partial charge in [-0.15, -0.1) is 0 Å². The van der Waals surface area contributed by atoms with Crippen LogP contribution < -0.4 is 4.74 Å². The summed E-state index contributed by atoms with van der Waals surface area (Å²) in [5, 5.41) is 10.8. The Kier molecular flexibility index (Phi) is 5.55. The molecule has 0 saturated carbocycles. The number of carbonyl (C=O) groups excluding carboxylic acids is 2. The molecule has 0 N–H and O–H groups in total. The molecule has 4 aromatic rings. The highest BCUT2D eigenvalue weighted by Gasteiger charge is 2.19. The molecule has 0 bridgehead atoms. The summed E-state index contributed by atoms with van der Waals surface area (Å²) in [7, 11) is 1.56. The second-order valence-electron chi connectivity index (χ2n) is 7.45. The zero-order valence-electron chi connectivity index (χ0n) is 17.6. The van der Waals surface area contributed by atoms with Gasteiger partial charge in [0.25, 0.3) is 5.69 Å². The number of non-ortho nitro benzene ring substituents is 1. The molecule has 7 heteroatoms. The predicted molar refractivity (Wildman–Crippen MR) is 120 cm³/mol. The Hall–Kier alpha value is -4.26. The number of nitrogens with zero attached hydrogens (tertiary/aromatic N) is 2. The van der Waals surface area contributed by atoms with Crippen molar-refractivity contribution < 1.29 is 19.2 Å². The lowest BCUT2D eigenvalue weighted by atomic mass is 10.0. The summed E-state index contributed by atoms with van der Waals surface area (Å²) in [4.78, 5) is 35.8. The van der Waals surface area contributed by atoms with Crippen molar-refractivity contribution in [1.82, 2.24) is 4.40 Å². The summed E-state index contributed by atoms with van der Waals surface area (Å²) < 4.78 is 6.87. The summed E-state index contributed by atoms with van der Waals surface area (Å²) in [6.07, 6.45) is 2.32. The lowest BCUT2D eigenvalue weighted by Crippen LogP contribution is -2.05. The molecule has 0 aliphatic heterocycles. The van der Waals surface area contributed by atoms with Gasteiger partial charge in [-0.05, 0) is 66.9 Å². The van der Waals surface area contributed by atoms with Gasteiger partial charge in [0.1, 0.15) is 5.75 Å². The fourth-order valence-corrected chi connectivity index (χ4v) is 3.67. The van der Waals surface area contributed by atoms with Crippen LogP contribution in [0.5, 0.6) is 5.75 Å². The second kappa shape index (κ2) is 8.47. The van der Waals surface area contributed by atoms with Crippen LogP contribution in [0.1, 0.15) is 44.5 Å². The molecule has 0 aliphatic carbocycles. The molecule has 4 rings (SSSR count). The van der Waals surface area contributed by atoms with Gasteiger partial charge in [0.2, 0.25) is 5.78 Å². The Morgan fingerprint density at radius 1 is 0.969 bits per heavy atom. The number of nitro benzene ring substituents is 1. The molecule has 160 valence electrons. The largest absolute Gasteiger partial charge is 0.497 e. The van der Waals surface area contributed by atoms with E-state index in [0.29, 0.717) is 34.5 Å². The van der Waals surface area contributed by atoms with Gasteiger partial charge in [-0.25, -0.2) is 0 Å². The van der Waals surface area contributed by atoms with Gasteiger partial charge >= 0.3 is 0 Å². The van der Waals surface area contributed by atoms with Crippen LogP contribution in [-0.4, -0.2) is 28.0 Å². The molecular weight excluding hydrogens is 408 g/mol. The molecule has 0 atom stereocenters. The number of pyridine rings is 1. The highest BCUT2D eigenvalue weighted by atomic mass is 16.6. The van der Waals surface area contributed by atoms with Gasteiger partial charge in [0, 0.05) is 29.5 Å². The number of hydrogen-bond acceptors (Lipinski definition) is 5. The average molecular weight is 428 g/mol. The first kappa shape index (κ1) is 21.0. The summed E-state index contributed by atoms with van der Waals surface area (Å²) in [6, 6.07) is 18.6. The molecule has 2 heterocycles. The molecule has 7 nitrogen and oxygen atoms in total. The average Bonchev–Trinajstić information content (AvgIpc) is 3.18. The zero-order chi connectivity index (χ0) is 22.8. The van der Waals surface area contributed by atoms with Crippen molar-refractivity contribution in [2.45, 2.75) is 13.3 Å². The maximum Gasteiger partial charge on any atom is 0.269 e. The van der Waals surface area contributed by atoms with Gasteiger partial charge in [0.15, 0.2) is 5.78 Å². The molecule has 0 aliphatic rings. The third-order valence-electron chi connectivity index (χ3n) is 5.36. The highest BCUT2D eigenvalue weighted by molar-refractivity contribution is 6.12. The third kappa shape index (κ3) is 4.00. The number of nitro groups is 1. The van der Waals surface area contributed by atoms with Crippen LogP contribution >= 0.6 is 0 Å². The molecular formula is C25H20N2O5. The van der Waals surface area contributed by atoms with Crippen molar-refractivity contribution in [2.24, 2.45) is 0 Å². The minimum absolute atomic E-state index is 0.0383. The SMILES string of the molecule is COc1ccc(C(=O)c2cc(C(C)=O)c3cc(Cc4ccc([N+](=O)[O-])cc4)ccn23)cc1. The smallest absolute Gasteiger partial charge is 0.269 e. The van der Waals surface area contributed by atoms with Gasteiger partial charge in [-0.1, -0.05) is 12.1 Å². The summed E-state index contributed by atoms with van der Waals surface area (Å²) >= 11 is 0. The van der Waals surface area contributed by atoms with E-state index < -0.39 is 4.92 Å². The molecule has 0 amide bonds. The van der Waals surface area contributed by atoms with Gasteiger partial charge in [-0.3, -0.25) is 19.7 Å². The fourth-order valence-electron chi connectivity index (χ4n) is 3.67. The van der Waals surface area contributed by atoms with Crippen LogP contribution in [0.15, 0.2) is 72.9 Å². The zero-order valence-corrected chi connectivity index (χ0v) is 17.6. The third-order valence-corrected chi connectivity index (χ3v) is 5.36. The minimum Gasteiger partial charge on any atom is -0.497 e. The number of Topliss-reactive ketones (excluding diaryl/α,β-unsaturated/α-hetero) is 1. The van der Waals surface area contributed by atoms with Gasteiger partial charge < -0.3 is 9.14 Å². The van der Waals surface area contributed by atoms with Crippen LogP contribution in [0.3, 0.4) is 0 Å². The Bertz CT molecular complexity index is 1340. The molecule has 2 aromatic heterocycles. The first-order chi connectivity index (χ1) is 15.4. The summed E-state index contributed by atoms with van der Waals surface area (Å²) in [6.45, 7) is 1.47. The number of methoxy groups -OCH3 is 1. The first-order valence-electron chi connectivity index (χ1n) is 9.94. The van der Waals surface area contributed by atoms with E-state index >= 15 is 0 Å². The molecule has 0 radical (unpaired) electrons. The molecule has 0 spiro atoms. The molecule has 0 saturated heterocycles. The van der Waals surface area contributed by atoms with Crippen molar-refractivity contribution in [3.05, 3.63) is 111 Å². The number of rotatable bonds is 7. The van der Waals surface area contributed by atoms with E-state index in [2.05, 4.69) is 0 Å². The van der Waals surface area contributed by atoms with E-state index in [1.54, 1.807) is 60.2 Å². The number of fused-ring (bicyclic) bond motifs is 1. The van der Waals surface area contributed by atoms with Gasteiger partial charge in [-0.2, -0.15) is 0 Å². The number of ketones is 2. The monoisotopic (exact) mass is 428 g/mol. The van der Waals surface area contributed by atoms with Crippen LogP contribution in [-0.2, 0) is 6.42 Å². The van der Waals surface area contributed by atoms with E-state index in [1.165, 1.54) is 19.1 Å². The highest BCUT2D eigenvalue weighted by Crippen LogP contribution is 2.24. The van der Waals surface area contributed by atoms with E-state index in [1.807, 2.05) is 12.1 Å². The van der Waals surface area contributed by atoms with E-state index in [9.17, 15) is 19.7 Å². The first-order valence-corrected chi connectivity index (χ1v) is 9.94. The lowest BCUT2D eigenvalue weighted by molar-refractivity contribution is -0.384. The number of benzene rings is 2. The second-order valence-corrected chi connectivity index (χ2v) is 7.45. The fraction of sp³-hybridized carbons (Fsp3) is 0.120. The Balaban J connectivity index is 1.71. The van der Waals surface area contributed by atoms with Gasteiger partial charge in [0.05, 0.1) is 23.2 Å². The Morgan fingerprint density at radius 3 is 2.25 bits per heavy atom. The van der Waals surface area contributed by atoms with Crippen molar-refractivity contribution in [1.29, 1.82) is 0 Å². The Morgan fingerprint density at radius 2 is 1.66 bits per heavy atom. The molecule has 0 unspecified atom stereocenters. The van der Waals surface area contributed by atoms with Crippen molar-refractivity contribution in [3.8, 4) is 5.75 Å². The van der Waals surface area contributed by atoms with Crippen LogP contribution in [0.2, 0.25) is 0 Å². The van der Waals surface area contributed by atoms with E-state index in [4.69, 9.17) is 4.74 Å². The van der Waals surface area contributed by atoms with E-state index in [0.717, 1.165) is 11.1 Å². The predicted octanol–water partition coefficient (Wildman–Crippen LogP) is 4.88. The maximum absolute atomic E-state index is 13.1. The van der Waals surface area contributed by atoms with E-state index in [-0.39, 0.29) is 17.3 Å². The maximum atomic E-state index is 13.1. The number of ether oxygens (including phenoxy) is 1. The quantitative estimate of drug-likeness (QED) is 0.238.